The van der Waals surface area contributed by atoms with Crippen LogP contribution in [-0.2, 0) is 9.59 Å². The number of carbonyl (C=O) groups excluding carboxylic acids is 6. The van der Waals surface area contributed by atoms with Crippen molar-refractivity contribution in [3.8, 4) is 0 Å². The molecule has 8 rings (SSSR count). The third kappa shape index (κ3) is 10.2. The maximum Gasteiger partial charge on any atom is 0.261 e. The molecular weight excluding hydrogens is 785 g/mol. The first kappa shape index (κ1) is 43.4. The van der Waals surface area contributed by atoms with Gasteiger partial charge < -0.3 is 30.2 Å². The maximum atomic E-state index is 13.9. The summed E-state index contributed by atoms with van der Waals surface area (Å²) >= 11 is 0. The number of amides is 6. The minimum Gasteiger partial charge on any atom is -0.356 e. The molecule has 2 aromatic rings. The summed E-state index contributed by atoms with van der Waals surface area (Å²) in [4.78, 5) is 92.0. The lowest BCUT2D eigenvalue weighted by Crippen LogP contribution is -2.48. The SMILES string of the molecule is O=C(CC1=CC=CC1)NCCCN1CCN(CCCN2C(=O)c3ccc4c5c(ccc(c35)C2=O)C(=O)N(CCCN2CCN(CCCNC(=O)CC3=CC=CC3)CC2)C4=O)CC1. The van der Waals surface area contributed by atoms with E-state index in [0.717, 1.165) is 115 Å². The normalized spacial score (nSPS) is 19.5. The highest BCUT2D eigenvalue weighted by Gasteiger charge is 2.39. The second-order valence-electron chi connectivity index (χ2n) is 17.3. The standard InChI is InChI=1S/C48H60N8O6/c57-41(33-35-9-1-2-10-35)49-17-5-19-51-25-29-53(30-26-51)21-7-23-55-45(59)37-13-15-39-44-40(16-14-38(43(37)44)46(55)60)48(62)56(47(39)61)24-8-22-54-31-27-52(28-32-54)20-6-18-50-42(58)34-36-11-3-4-12-36/h1-4,9,11,13-16H,5-8,10,12,17-34H2,(H,49,57)(H,50,58). The van der Waals surface area contributed by atoms with Crippen molar-refractivity contribution in [3.63, 3.8) is 0 Å². The molecule has 2 fully saturated rings. The zero-order valence-electron chi connectivity index (χ0n) is 35.9. The average molecular weight is 845 g/mol. The molecule has 2 aliphatic carbocycles. The van der Waals surface area contributed by atoms with Gasteiger partial charge >= 0.3 is 0 Å². The lowest BCUT2D eigenvalue weighted by Gasteiger charge is -2.36. The van der Waals surface area contributed by atoms with Crippen molar-refractivity contribution in [3.05, 3.63) is 94.1 Å². The first-order valence-electron chi connectivity index (χ1n) is 22.7. The maximum absolute atomic E-state index is 13.9. The largest absolute Gasteiger partial charge is 0.356 e. The average Bonchev–Trinajstić information content (AvgIpc) is 4.00. The Balaban J connectivity index is 0.753. The number of nitrogens with zero attached hydrogens (tertiary/aromatic N) is 6. The van der Waals surface area contributed by atoms with Gasteiger partial charge in [-0.05, 0) is 89.0 Å². The van der Waals surface area contributed by atoms with E-state index in [-0.39, 0.29) is 48.5 Å². The Bertz CT molecular complexity index is 1970. The molecule has 4 heterocycles. The third-order valence-corrected chi connectivity index (χ3v) is 13.1. The lowest BCUT2D eigenvalue weighted by atomic mass is 9.86. The minimum absolute atomic E-state index is 0.0816. The second kappa shape index (κ2) is 20.3. The third-order valence-electron chi connectivity index (χ3n) is 13.1. The zero-order chi connectivity index (χ0) is 43.0. The van der Waals surface area contributed by atoms with E-state index in [9.17, 15) is 28.8 Å². The summed E-state index contributed by atoms with van der Waals surface area (Å²) in [6.45, 7) is 12.7. The predicted molar refractivity (Wildman–Crippen MR) is 238 cm³/mol. The van der Waals surface area contributed by atoms with E-state index in [0.29, 0.717) is 71.8 Å². The number of nitrogens with one attached hydrogen (secondary N) is 2. The Morgan fingerprint density at radius 3 is 1.08 bits per heavy atom. The summed E-state index contributed by atoms with van der Waals surface area (Å²) in [5.41, 5.74) is 3.72. The fourth-order valence-electron chi connectivity index (χ4n) is 9.60. The summed E-state index contributed by atoms with van der Waals surface area (Å²) in [6.07, 6.45) is 17.9. The molecule has 0 aromatic heterocycles. The van der Waals surface area contributed by atoms with Crippen LogP contribution in [0, 0.1) is 0 Å². The molecule has 0 bridgehead atoms. The summed E-state index contributed by atoms with van der Waals surface area (Å²) < 4.78 is 0. The molecule has 0 atom stereocenters. The van der Waals surface area contributed by atoms with Crippen LogP contribution in [0.2, 0.25) is 0 Å². The first-order chi connectivity index (χ1) is 30.2. The highest BCUT2D eigenvalue weighted by Crippen LogP contribution is 2.38. The molecular formula is C48H60N8O6. The van der Waals surface area contributed by atoms with Crippen LogP contribution >= 0.6 is 0 Å². The lowest BCUT2D eigenvalue weighted by molar-refractivity contribution is -0.121. The Morgan fingerprint density at radius 2 is 0.774 bits per heavy atom. The van der Waals surface area contributed by atoms with Crippen LogP contribution < -0.4 is 10.6 Å². The Labute approximate surface area is 364 Å². The highest BCUT2D eigenvalue weighted by atomic mass is 16.2. The molecule has 0 saturated carbocycles. The van der Waals surface area contributed by atoms with Crippen molar-refractivity contribution in [1.82, 2.24) is 40.0 Å². The van der Waals surface area contributed by atoms with Crippen LogP contribution in [0.5, 0.6) is 0 Å². The van der Waals surface area contributed by atoms with Gasteiger partial charge in [0.25, 0.3) is 23.6 Å². The van der Waals surface area contributed by atoms with Gasteiger partial charge in [0.2, 0.25) is 11.8 Å². The Hall–Kier alpha value is -5.28. The molecule has 4 aliphatic heterocycles. The molecule has 0 radical (unpaired) electrons. The number of benzene rings is 2. The van der Waals surface area contributed by atoms with E-state index in [1.54, 1.807) is 24.3 Å². The van der Waals surface area contributed by atoms with E-state index in [1.165, 1.54) is 9.80 Å². The van der Waals surface area contributed by atoms with Crippen LogP contribution in [0.1, 0.15) is 92.8 Å². The monoisotopic (exact) mass is 844 g/mol. The van der Waals surface area contributed by atoms with Crippen LogP contribution in [0.3, 0.4) is 0 Å². The molecule has 62 heavy (non-hydrogen) atoms. The van der Waals surface area contributed by atoms with Gasteiger partial charge in [0.1, 0.15) is 0 Å². The number of imide groups is 2. The molecule has 328 valence electrons. The van der Waals surface area contributed by atoms with Crippen LogP contribution in [0.15, 0.2) is 71.9 Å². The van der Waals surface area contributed by atoms with E-state index in [2.05, 4.69) is 42.4 Å². The first-order valence-corrected chi connectivity index (χ1v) is 22.7. The van der Waals surface area contributed by atoms with Gasteiger partial charge in [-0.15, -0.1) is 0 Å². The fraction of sp³-hybridized carbons (Fsp3) is 0.500. The molecule has 2 aromatic carbocycles. The number of hydrogen-bond donors (Lipinski definition) is 2. The fourth-order valence-corrected chi connectivity index (χ4v) is 9.60. The van der Waals surface area contributed by atoms with E-state index in [4.69, 9.17) is 0 Å². The van der Waals surface area contributed by atoms with Gasteiger partial charge in [-0.3, -0.25) is 38.6 Å². The minimum atomic E-state index is -0.389. The van der Waals surface area contributed by atoms with Crippen molar-refractivity contribution >= 4 is 46.2 Å². The zero-order valence-corrected chi connectivity index (χ0v) is 35.9. The molecule has 6 aliphatic rings. The highest BCUT2D eigenvalue weighted by molar-refractivity contribution is 6.33. The Kier molecular flexibility index (Phi) is 14.2. The predicted octanol–water partition coefficient (Wildman–Crippen LogP) is 3.61. The summed E-state index contributed by atoms with van der Waals surface area (Å²) in [7, 11) is 0. The van der Waals surface area contributed by atoms with E-state index < -0.39 is 0 Å². The summed E-state index contributed by atoms with van der Waals surface area (Å²) in [5, 5.41) is 6.89. The van der Waals surface area contributed by atoms with Gasteiger partial charge in [-0.1, -0.05) is 47.6 Å². The molecule has 0 unspecified atom stereocenters. The van der Waals surface area contributed by atoms with Crippen LogP contribution in [0.4, 0.5) is 0 Å². The Morgan fingerprint density at radius 1 is 0.452 bits per heavy atom. The summed E-state index contributed by atoms with van der Waals surface area (Å²) in [6, 6.07) is 6.58. The van der Waals surface area contributed by atoms with Crippen molar-refractivity contribution in [2.45, 2.75) is 51.4 Å². The molecule has 2 N–H and O–H groups in total. The van der Waals surface area contributed by atoms with Crippen molar-refractivity contribution in [2.75, 3.05) is 105 Å². The van der Waals surface area contributed by atoms with Crippen LogP contribution in [-0.4, -0.2) is 170 Å². The topological polar surface area (TPSA) is 146 Å². The van der Waals surface area contributed by atoms with Gasteiger partial charge in [-0.25, -0.2) is 0 Å². The molecule has 2 saturated heterocycles. The molecule has 6 amide bonds. The molecule has 14 heteroatoms. The number of allylic oxidation sites excluding steroid dienone is 6. The van der Waals surface area contributed by atoms with Crippen LogP contribution in [0.25, 0.3) is 10.8 Å². The van der Waals surface area contributed by atoms with Crippen molar-refractivity contribution in [1.29, 1.82) is 0 Å². The summed E-state index contributed by atoms with van der Waals surface area (Å²) in [5.74, 6) is -1.39. The number of rotatable bonds is 20. The smallest absolute Gasteiger partial charge is 0.261 e. The quantitative estimate of drug-likeness (QED) is 0.150. The van der Waals surface area contributed by atoms with Gasteiger partial charge in [0.15, 0.2) is 0 Å². The van der Waals surface area contributed by atoms with Gasteiger partial charge in [0.05, 0.1) is 0 Å². The van der Waals surface area contributed by atoms with Crippen molar-refractivity contribution < 1.29 is 28.8 Å². The second-order valence-corrected chi connectivity index (χ2v) is 17.3. The van der Waals surface area contributed by atoms with E-state index >= 15 is 0 Å². The van der Waals surface area contributed by atoms with E-state index in [1.807, 2.05) is 24.3 Å². The molecule has 14 nitrogen and oxygen atoms in total. The number of hydrogen-bond acceptors (Lipinski definition) is 10. The van der Waals surface area contributed by atoms with Crippen molar-refractivity contribution in [2.24, 2.45) is 0 Å². The number of piperazine rings is 2. The number of carbonyl (C=O) groups is 6. The van der Waals surface area contributed by atoms with Gasteiger partial charge in [0, 0.05) is 124 Å². The van der Waals surface area contributed by atoms with Gasteiger partial charge in [-0.2, -0.15) is 0 Å². The molecule has 0 spiro atoms.